The van der Waals surface area contributed by atoms with Crippen LogP contribution in [0.1, 0.15) is 148 Å². The molecule has 46 heavy (non-hydrogen) atoms. The van der Waals surface area contributed by atoms with Crippen LogP contribution >= 0.6 is 0 Å². The van der Waals surface area contributed by atoms with Crippen molar-refractivity contribution in [2.24, 2.45) is 29.6 Å². The predicted octanol–water partition coefficient (Wildman–Crippen LogP) is 11.7. The average molecular weight is 633 g/mol. The first-order chi connectivity index (χ1) is 22.4. The van der Waals surface area contributed by atoms with Gasteiger partial charge in [0.2, 0.25) is 0 Å². The minimum Gasteiger partial charge on any atom is -0.465 e. The smallest absolute Gasteiger partial charge is 0.199 e. The van der Waals surface area contributed by atoms with Crippen molar-refractivity contribution >= 4 is 0 Å². The Kier molecular flexibility index (Phi) is 13.3. The molecule has 0 saturated heterocycles. The Bertz CT molecular complexity index is 1140. The van der Waals surface area contributed by atoms with Crippen LogP contribution in [0.4, 0.5) is 0 Å². The molecule has 0 radical (unpaired) electrons. The van der Waals surface area contributed by atoms with E-state index in [1.807, 2.05) is 0 Å². The molecular weight excluding hydrogens is 568 g/mol. The zero-order valence-electron chi connectivity index (χ0n) is 29.9. The summed E-state index contributed by atoms with van der Waals surface area (Å²) in [5.41, 5.74) is 2.77. The Morgan fingerprint density at radius 2 is 1.20 bits per heavy atom. The third-order valence-corrected chi connectivity index (χ3v) is 12.0. The Morgan fingerprint density at radius 1 is 0.609 bits per heavy atom. The molecule has 9 atom stereocenters. The zero-order valence-corrected chi connectivity index (χ0v) is 29.9. The van der Waals surface area contributed by atoms with Crippen LogP contribution in [0.3, 0.4) is 0 Å². The summed E-state index contributed by atoms with van der Waals surface area (Å²) >= 11 is 0. The molecule has 2 aromatic carbocycles. The lowest BCUT2D eigenvalue weighted by Crippen LogP contribution is -2.34. The minimum atomic E-state index is -0.149. The summed E-state index contributed by atoms with van der Waals surface area (Å²) in [5, 5.41) is 0. The van der Waals surface area contributed by atoms with Gasteiger partial charge in [0.05, 0.1) is 12.7 Å². The molecule has 256 valence electrons. The topological polar surface area (TPSA) is 36.9 Å². The molecule has 4 saturated carbocycles. The van der Waals surface area contributed by atoms with Crippen LogP contribution < -0.4 is 9.47 Å². The number of hydrogen-bond donors (Lipinski definition) is 0. The van der Waals surface area contributed by atoms with Gasteiger partial charge < -0.3 is 18.9 Å². The van der Waals surface area contributed by atoms with Gasteiger partial charge >= 0.3 is 0 Å². The van der Waals surface area contributed by atoms with Gasteiger partial charge in [0, 0.05) is 6.42 Å². The molecule has 4 heteroatoms. The van der Waals surface area contributed by atoms with Crippen molar-refractivity contribution in [3.05, 3.63) is 59.7 Å². The van der Waals surface area contributed by atoms with Gasteiger partial charge in [-0.05, 0) is 135 Å². The van der Waals surface area contributed by atoms with Crippen LogP contribution in [0, 0.1) is 29.6 Å². The lowest BCUT2D eigenvalue weighted by Gasteiger charge is -2.33. The highest BCUT2D eigenvalue weighted by molar-refractivity contribution is 5.30. The summed E-state index contributed by atoms with van der Waals surface area (Å²) in [4.78, 5) is 0. The van der Waals surface area contributed by atoms with Gasteiger partial charge in [-0.3, -0.25) is 0 Å². The molecule has 0 amide bonds. The Labute approximate surface area is 281 Å². The van der Waals surface area contributed by atoms with E-state index in [0.717, 1.165) is 54.1 Å². The third kappa shape index (κ3) is 9.31. The van der Waals surface area contributed by atoms with Gasteiger partial charge in [0.25, 0.3) is 0 Å². The van der Waals surface area contributed by atoms with E-state index in [-0.39, 0.29) is 12.6 Å². The second kappa shape index (κ2) is 17.4. The largest absolute Gasteiger partial charge is 0.465 e. The molecule has 4 aliphatic carbocycles. The SMILES string of the molecule is CCC(C)c1ccc(OC(C)OC2CC3CC2C2CCCC32)cc1.CCC(OCC1CCCCC1)Oc1ccc(C(C)CC)cc1. The summed E-state index contributed by atoms with van der Waals surface area (Å²) in [6.45, 7) is 14.0. The molecule has 2 aromatic rings. The van der Waals surface area contributed by atoms with Gasteiger partial charge in [-0.2, -0.15) is 0 Å². The molecule has 0 heterocycles. The number of hydrogen-bond acceptors (Lipinski definition) is 4. The molecule has 4 aliphatic rings. The molecule has 9 unspecified atom stereocenters. The van der Waals surface area contributed by atoms with Gasteiger partial charge in [-0.15, -0.1) is 0 Å². The van der Waals surface area contributed by atoms with E-state index in [2.05, 4.69) is 90.1 Å². The molecule has 4 nitrogen and oxygen atoms in total. The van der Waals surface area contributed by atoms with Crippen LogP contribution in [-0.4, -0.2) is 25.3 Å². The second-order valence-electron chi connectivity index (χ2n) is 15.1. The van der Waals surface area contributed by atoms with Crippen LogP contribution in [0.25, 0.3) is 0 Å². The fourth-order valence-corrected chi connectivity index (χ4v) is 8.83. The van der Waals surface area contributed by atoms with Crippen LogP contribution in [-0.2, 0) is 9.47 Å². The van der Waals surface area contributed by atoms with E-state index in [0.29, 0.717) is 17.9 Å². The molecule has 4 fully saturated rings. The van der Waals surface area contributed by atoms with E-state index in [9.17, 15) is 0 Å². The maximum Gasteiger partial charge on any atom is 0.199 e. The van der Waals surface area contributed by atoms with Crippen molar-refractivity contribution in [2.45, 2.75) is 156 Å². The molecule has 0 aliphatic heterocycles. The number of fused-ring (bicyclic) bond motifs is 5. The van der Waals surface area contributed by atoms with E-state index < -0.39 is 0 Å². The quantitative estimate of drug-likeness (QED) is 0.194. The number of rotatable bonds is 14. The van der Waals surface area contributed by atoms with Gasteiger partial charge in [-0.25, -0.2) is 0 Å². The molecule has 6 rings (SSSR count). The summed E-state index contributed by atoms with van der Waals surface area (Å²) in [5.74, 6) is 7.53. The monoisotopic (exact) mass is 632 g/mol. The summed E-state index contributed by atoms with van der Waals surface area (Å²) < 4.78 is 24.4. The standard InChI is InChI=1S/C22H32O2.C20H32O2/c1-4-14(2)16-8-10-18(11-9-16)23-15(3)24-22-13-17-12-21(22)20-7-5-6-19(17)20;1-4-16(3)18-11-13-19(14-12-18)22-20(5-2)21-15-17-9-7-6-8-10-17/h8-11,14-15,17,19-22H,4-7,12-13H2,1-3H3;11-14,16-17,20H,4-10,15H2,1-3H3. The van der Waals surface area contributed by atoms with Crippen LogP contribution in [0.2, 0.25) is 0 Å². The van der Waals surface area contributed by atoms with Crippen LogP contribution in [0.5, 0.6) is 11.5 Å². The minimum absolute atomic E-state index is 0.114. The summed E-state index contributed by atoms with van der Waals surface area (Å²) in [6, 6.07) is 17.1. The third-order valence-electron chi connectivity index (χ3n) is 12.0. The summed E-state index contributed by atoms with van der Waals surface area (Å²) in [7, 11) is 0. The maximum atomic E-state index is 6.33. The molecule has 2 bridgehead atoms. The van der Waals surface area contributed by atoms with Gasteiger partial charge in [0.1, 0.15) is 11.5 Å². The van der Waals surface area contributed by atoms with Crippen molar-refractivity contribution in [3.8, 4) is 11.5 Å². The number of benzene rings is 2. The van der Waals surface area contributed by atoms with E-state index in [4.69, 9.17) is 18.9 Å². The first-order valence-corrected chi connectivity index (χ1v) is 19.2. The van der Waals surface area contributed by atoms with Crippen molar-refractivity contribution in [2.75, 3.05) is 6.61 Å². The lowest BCUT2D eigenvalue weighted by molar-refractivity contribution is -0.132. The van der Waals surface area contributed by atoms with Crippen molar-refractivity contribution in [1.82, 2.24) is 0 Å². The van der Waals surface area contributed by atoms with E-state index >= 15 is 0 Å². The Morgan fingerprint density at radius 3 is 1.78 bits per heavy atom. The highest BCUT2D eigenvalue weighted by Crippen LogP contribution is 2.59. The van der Waals surface area contributed by atoms with Gasteiger partial charge in [-0.1, -0.05) is 84.6 Å². The molecule has 0 spiro atoms. The van der Waals surface area contributed by atoms with Crippen molar-refractivity contribution < 1.29 is 18.9 Å². The molecular formula is C42H64O4. The van der Waals surface area contributed by atoms with E-state index in [1.54, 1.807) is 0 Å². The molecule has 0 aromatic heterocycles. The van der Waals surface area contributed by atoms with Crippen molar-refractivity contribution in [1.29, 1.82) is 0 Å². The van der Waals surface area contributed by atoms with Gasteiger partial charge in [0.15, 0.2) is 12.6 Å². The van der Waals surface area contributed by atoms with E-state index in [1.165, 1.54) is 88.2 Å². The predicted molar refractivity (Wildman–Crippen MR) is 190 cm³/mol. The fourth-order valence-electron chi connectivity index (χ4n) is 8.83. The highest BCUT2D eigenvalue weighted by Gasteiger charge is 2.54. The van der Waals surface area contributed by atoms with Crippen molar-refractivity contribution in [3.63, 3.8) is 0 Å². The Hall–Kier alpha value is -2.04. The fraction of sp³-hybridized carbons (Fsp3) is 0.714. The lowest BCUT2D eigenvalue weighted by atomic mass is 9.80. The number of ether oxygens (including phenoxy) is 4. The summed E-state index contributed by atoms with van der Waals surface area (Å²) in [6.07, 6.45) is 17.2. The first-order valence-electron chi connectivity index (χ1n) is 19.2. The zero-order chi connectivity index (χ0) is 32.5. The first kappa shape index (κ1) is 35.3. The normalized spacial score (nSPS) is 28.1. The Balaban J connectivity index is 0.000000182. The second-order valence-corrected chi connectivity index (χ2v) is 15.1. The molecule has 0 N–H and O–H groups in total. The van der Waals surface area contributed by atoms with Crippen LogP contribution in [0.15, 0.2) is 48.5 Å². The highest BCUT2D eigenvalue weighted by atomic mass is 16.7. The maximum absolute atomic E-state index is 6.33. The average Bonchev–Trinajstić information content (AvgIpc) is 3.82.